The normalized spacial score (nSPS) is 12.5. The van der Waals surface area contributed by atoms with E-state index >= 15 is 0 Å². The van der Waals surface area contributed by atoms with Gasteiger partial charge in [-0.3, -0.25) is 0 Å². The van der Waals surface area contributed by atoms with Gasteiger partial charge in [-0.2, -0.15) is 0 Å². The van der Waals surface area contributed by atoms with E-state index in [-0.39, 0.29) is 11.9 Å². The number of halogens is 2. The van der Waals surface area contributed by atoms with E-state index in [0.29, 0.717) is 0 Å². The Labute approximate surface area is 118 Å². The highest BCUT2D eigenvalue weighted by molar-refractivity contribution is 6.31. The molecule has 2 rings (SSSR count). The predicted molar refractivity (Wildman–Crippen MR) is 78.2 cm³/mol. The second kappa shape index (κ2) is 5.72. The minimum Gasteiger partial charge on any atom is -0.309 e. The van der Waals surface area contributed by atoms with Crippen LogP contribution in [0.1, 0.15) is 28.3 Å². The summed E-state index contributed by atoms with van der Waals surface area (Å²) < 4.78 is 13.5. The van der Waals surface area contributed by atoms with Crippen molar-refractivity contribution < 1.29 is 4.39 Å². The van der Waals surface area contributed by atoms with Crippen molar-refractivity contribution in [2.45, 2.75) is 19.9 Å². The molecule has 0 aliphatic carbocycles. The van der Waals surface area contributed by atoms with E-state index in [1.54, 1.807) is 12.1 Å². The van der Waals surface area contributed by atoms with Gasteiger partial charge in [-0.15, -0.1) is 0 Å². The van der Waals surface area contributed by atoms with E-state index in [1.807, 2.05) is 39.1 Å². The Kier molecular flexibility index (Phi) is 4.23. The molecule has 1 N–H and O–H groups in total. The number of hydrogen-bond acceptors (Lipinski definition) is 1. The maximum atomic E-state index is 13.5. The standard InChI is InChI=1S/C16H17ClFN/c1-10-4-6-13(18)9-14(10)16(19-3)12-5-7-15(17)11(2)8-12/h4-9,16,19H,1-3H3. The van der Waals surface area contributed by atoms with Crippen LogP contribution in [0.15, 0.2) is 36.4 Å². The summed E-state index contributed by atoms with van der Waals surface area (Å²) in [5, 5.41) is 3.98. The number of hydrogen-bond donors (Lipinski definition) is 1. The summed E-state index contributed by atoms with van der Waals surface area (Å²) in [6.07, 6.45) is 0. The molecule has 0 aliphatic heterocycles. The van der Waals surface area contributed by atoms with Crippen LogP contribution in [0.3, 0.4) is 0 Å². The van der Waals surface area contributed by atoms with Crippen LogP contribution in [0.25, 0.3) is 0 Å². The zero-order valence-corrected chi connectivity index (χ0v) is 12.1. The number of nitrogens with one attached hydrogen (secondary N) is 1. The first-order chi connectivity index (χ1) is 9.02. The molecule has 0 amide bonds. The van der Waals surface area contributed by atoms with Gasteiger partial charge < -0.3 is 5.32 Å². The van der Waals surface area contributed by atoms with Gasteiger partial charge in [0, 0.05) is 5.02 Å². The minimum atomic E-state index is -0.216. The quantitative estimate of drug-likeness (QED) is 0.876. The molecular formula is C16H17ClFN. The van der Waals surface area contributed by atoms with Crippen LogP contribution in [-0.2, 0) is 0 Å². The van der Waals surface area contributed by atoms with Gasteiger partial charge in [0.05, 0.1) is 6.04 Å². The zero-order valence-electron chi connectivity index (χ0n) is 11.3. The predicted octanol–water partition coefficient (Wildman–Crippen LogP) is 4.40. The molecule has 2 aromatic carbocycles. The summed E-state index contributed by atoms with van der Waals surface area (Å²) in [5.41, 5.74) is 4.11. The molecule has 0 radical (unpaired) electrons. The molecule has 0 heterocycles. The first kappa shape index (κ1) is 14.0. The molecule has 1 unspecified atom stereocenters. The summed E-state index contributed by atoms with van der Waals surface area (Å²) in [7, 11) is 1.87. The van der Waals surface area contributed by atoms with Crippen LogP contribution in [0.4, 0.5) is 4.39 Å². The van der Waals surface area contributed by atoms with Gasteiger partial charge in [-0.1, -0.05) is 29.8 Å². The number of benzene rings is 2. The minimum absolute atomic E-state index is 0.0355. The lowest BCUT2D eigenvalue weighted by atomic mass is 9.94. The molecule has 100 valence electrons. The molecule has 0 spiro atoms. The van der Waals surface area contributed by atoms with Crippen molar-refractivity contribution in [2.75, 3.05) is 7.05 Å². The molecule has 0 aliphatic rings. The molecule has 19 heavy (non-hydrogen) atoms. The highest BCUT2D eigenvalue weighted by Gasteiger charge is 2.15. The third kappa shape index (κ3) is 2.96. The molecule has 0 saturated heterocycles. The van der Waals surface area contributed by atoms with Crippen molar-refractivity contribution in [3.8, 4) is 0 Å². The topological polar surface area (TPSA) is 12.0 Å². The average Bonchev–Trinajstić information content (AvgIpc) is 2.38. The van der Waals surface area contributed by atoms with Gasteiger partial charge in [0.15, 0.2) is 0 Å². The van der Waals surface area contributed by atoms with Crippen LogP contribution in [0.5, 0.6) is 0 Å². The van der Waals surface area contributed by atoms with E-state index in [4.69, 9.17) is 11.6 Å². The van der Waals surface area contributed by atoms with Crippen molar-refractivity contribution in [1.29, 1.82) is 0 Å². The van der Waals surface area contributed by atoms with E-state index in [2.05, 4.69) is 5.32 Å². The lowest BCUT2D eigenvalue weighted by Crippen LogP contribution is -2.19. The van der Waals surface area contributed by atoms with Crippen LogP contribution < -0.4 is 5.32 Å². The fourth-order valence-electron chi connectivity index (χ4n) is 2.27. The summed E-state index contributed by atoms with van der Waals surface area (Å²) in [4.78, 5) is 0. The third-order valence-corrected chi connectivity index (χ3v) is 3.78. The Balaban J connectivity index is 2.49. The molecule has 1 nitrogen and oxygen atoms in total. The van der Waals surface area contributed by atoms with Gasteiger partial charge in [0.1, 0.15) is 5.82 Å². The largest absolute Gasteiger partial charge is 0.309 e. The van der Waals surface area contributed by atoms with Crippen LogP contribution in [-0.4, -0.2) is 7.05 Å². The molecule has 3 heteroatoms. The maximum absolute atomic E-state index is 13.5. The van der Waals surface area contributed by atoms with Crippen LogP contribution in [0, 0.1) is 19.7 Å². The summed E-state index contributed by atoms with van der Waals surface area (Å²) in [6, 6.07) is 10.7. The Bertz CT molecular complexity index is 595. The average molecular weight is 278 g/mol. The fourth-order valence-corrected chi connectivity index (χ4v) is 2.39. The molecule has 1 atom stereocenters. The second-order valence-corrected chi connectivity index (χ2v) is 5.14. The SMILES string of the molecule is CNC(c1ccc(Cl)c(C)c1)c1cc(F)ccc1C. The van der Waals surface area contributed by atoms with Crippen molar-refractivity contribution in [3.05, 3.63) is 69.5 Å². The van der Waals surface area contributed by atoms with E-state index in [9.17, 15) is 4.39 Å². The smallest absolute Gasteiger partial charge is 0.123 e. The van der Waals surface area contributed by atoms with Crippen molar-refractivity contribution in [3.63, 3.8) is 0 Å². The molecule has 0 saturated carbocycles. The van der Waals surface area contributed by atoms with Crippen molar-refractivity contribution in [1.82, 2.24) is 5.32 Å². The first-order valence-corrected chi connectivity index (χ1v) is 6.60. The fraction of sp³-hybridized carbons (Fsp3) is 0.250. The van der Waals surface area contributed by atoms with Gasteiger partial charge in [-0.05, 0) is 61.3 Å². The van der Waals surface area contributed by atoms with Crippen LogP contribution in [0.2, 0.25) is 5.02 Å². The van der Waals surface area contributed by atoms with Gasteiger partial charge in [0.25, 0.3) is 0 Å². The first-order valence-electron chi connectivity index (χ1n) is 6.22. The Morgan fingerprint density at radius 3 is 2.42 bits per heavy atom. The Hall–Kier alpha value is -1.38. The van der Waals surface area contributed by atoms with Gasteiger partial charge in [-0.25, -0.2) is 4.39 Å². The molecule has 2 aromatic rings. The molecular weight excluding hydrogens is 261 g/mol. The summed E-state index contributed by atoms with van der Waals surface area (Å²) in [5.74, 6) is -0.216. The van der Waals surface area contributed by atoms with Crippen molar-refractivity contribution in [2.24, 2.45) is 0 Å². The third-order valence-electron chi connectivity index (χ3n) is 3.36. The lowest BCUT2D eigenvalue weighted by molar-refractivity contribution is 0.615. The highest BCUT2D eigenvalue weighted by atomic mass is 35.5. The monoisotopic (exact) mass is 277 g/mol. The van der Waals surface area contributed by atoms with Crippen LogP contribution >= 0.6 is 11.6 Å². The maximum Gasteiger partial charge on any atom is 0.123 e. The Morgan fingerprint density at radius 2 is 1.79 bits per heavy atom. The Morgan fingerprint density at radius 1 is 1.05 bits per heavy atom. The van der Waals surface area contributed by atoms with Gasteiger partial charge >= 0.3 is 0 Å². The van der Waals surface area contributed by atoms with E-state index < -0.39 is 0 Å². The second-order valence-electron chi connectivity index (χ2n) is 4.73. The zero-order chi connectivity index (χ0) is 14.0. The molecule has 0 aromatic heterocycles. The number of rotatable bonds is 3. The highest BCUT2D eigenvalue weighted by Crippen LogP contribution is 2.28. The molecule has 0 bridgehead atoms. The van der Waals surface area contributed by atoms with Crippen molar-refractivity contribution >= 4 is 11.6 Å². The molecule has 0 fully saturated rings. The summed E-state index contributed by atoms with van der Waals surface area (Å²) in [6.45, 7) is 3.96. The summed E-state index contributed by atoms with van der Waals surface area (Å²) >= 11 is 6.05. The number of aryl methyl sites for hydroxylation is 2. The van der Waals surface area contributed by atoms with E-state index in [0.717, 1.165) is 27.3 Å². The lowest BCUT2D eigenvalue weighted by Gasteiger charge is -2.20. The van der Waals surface area contributed by atoms with E-state index in [1.165, 1.54) is 6.07 Å². The van der Waals surface area contributed by atoms with Gasteiger partial charge in [0.2, 0.25) is 0 Å².